The van der Waals surface area contributed by atoms with Crippen LogP contribution in [0.1, 0.15) is 0 Å². The topological polar surface area (TPSA) is 20.2 Å². The molecular weight excluding hydrogens is 304 g/mol. The molecule has 1 nitrogen and oxygen atoms in total. The molecule has 0 saturated heterocycles. The van der Waals surface area contributed by atoms with E-state index in [0.717, 1.165) is 19.0 Å². The molecule has 0 aliphatic carbocycles. The van der Waals surface area contributed by atoms with E-state index in [2.05, 4.69) is 31.9 Å². The third-order valence-electron chi connectivity index (χ3n) is 1.60. The second-order valence-electron chi connectivity index (χ2n) is 2.38. The zero-order valence-electron chi connectivity index (χ0n) is 5.84. The quantitative estimate of drug-likeness (QED) is 0.776. The Hall–Kier alpha value is -0.0600. The summed E-state index contributed by atoms with van der Waals surface area (Å²) >= 11 is 8.32. The van der Waals surface area contributed by atoms with Gasteiger partial charge in [-0.25, -0.2) is 0 Å². The summed E-state index contributed by atoms with van der Waals surface area (Å²) in [7, 11) is 0. The average Bonchev–Trinajstić information content (AvgIpc) is 2.35. The Bertz CT molecular complexity index is 436. The standard InChI is InChI=1S/C8H4Br2OS/c9-5-1-4-7(11)3-12-8(4)2-6(5)10/h1-3,11H. The third-order valence-corrected chi connectivity index (χ3v) is 4.37. The van der Waals surface area contributed by atoms with Crippen molar-refractivity contribution in [2.75, 3.05) is 0 Å². The van der Waals surface area contributed by atoms with Gasteiger partial charge in [0.15, 0.2) is 0 Å². The second-order valence-corrected chi connectivity index (χ2v) is 5.00. The Morgan fingerprint density at radius 2 is 1.83 bits per heavy atom. The van der Waals surface area contributed by atoms with Gasteiger partial charge in [0.05, 0.1) is 0 Å². The maximum Gasteiger partial charge on any atom is 0.134 e. The lowest BCUT2D eigenvalue weighted by molar-refractivity contribution is 0.483. The number of aromatic hydroxyl groups is 1. The predicted molar refractivity (Wildman–Crippen MR) is 58.9 cm³/mol. The number of halogens is 2. The minimum absolute atomic E-state index is 0.350. The number of rotatable bonds is 0. The van der Waals surface area contributed by atoms with Crippen molar-refractivity contribution in [3.05, 3.63) is 26.5 Å². The zero-order chi connectivity index (χ0) is 8.72. The normalized spacial score (nSPS) is 10.8. The van der Waals surface area contributed by atoms with Crippen molar-refractivity contribution in [2.24, 2.45) is 0 Å². The van der Waals surface area contributed by atoms with Gasteiger partial charge in [0.1, 0.15) is 5.75 Å². The van der Waals surface area contributed by atoms with Gasteiger partial charge >= 0.3 is 0 Å². The summed E-state index contributed by atoms with van der Waals surface area (Å²) in [6, 6.07) is 3.90. The van der Waals surface area contributed by atoms with Crippen molar-refractivity contribution in [3.63, 3.8) is 0 Å². The number of fused-ring (bicyclic) bond motifs is 1. The van der Waals surface area contributed by atoms with Gasteiger partial charge in [0.2, 0.25) is 0 Å². The van der Waals surface area contributed by atoms with Crippen LogP contribution in [0.3, 0.4) is 0 Å². The van der Waals surface area contributed by atoms with Crippen molar-refractivity contribution in [3.8, 4) is 5.75 Å². The van der Waals surface area contributed by atoms with Crippen LogP contribution in [-0.4, -0.2) is 5.11 Å². The molecule has 0 atom stereocenters. The monoisotopic (exact) mass is 306 g/mol. The van der Waals surface area contributed by atoms with E-state index in [1.54, 1.807) is 5.38 Å². The second kappa shape index (κ2) is 3.01. The Morgan fingerprint density at radius 1 is 1.17 bits per heavy atom. The van der Waals surface area contributed by atoms with E-state index < -0.39 is 0 Å². The van der Waals surface area contributed by atoms with Crippen molar-refractivity contribution in [1.29, 1.82) is 0 Å². The zero-order valence-corrected chi connectivity index (χ0v) is 9.83. The first kappa shape index (κ1) is 8.53. The van der Waals surface area contributed by atoms with Crippen LogP contribution in [0.25, 0.3) is 10.1 Å². The molecule has 0 saturated carbocycles. The van der Waals surface area contributed by atoms with Crippen LogP contribution in [0.4, 0.5) is 0 Å². The van der Waals surface area contributed by atoms with Gasteiger partial charge in [-0.3, -0.25) is 0 Å². The van der Waals surface area contributed by atoms with E-state index >= 15 is 0 Å². The Kier molecular flexibility index (Phi) is 2.14. The first-order valence-corrected chi connectivity index (χ1v) is 5.70. The molecule has 12 heavy (non-hydrogen) atoms. The molecule has 2 aromatic rings. The summed E-state index contributed by atoms with van der Waals surface area (Å²) in [5.74, 6) is 0.350. The van der Waals surface area contributed by atoms with E-state index in [9.17, 15) is 5.11 Å². The van der Waals surface area contributed by atoms with Gasteiger partial charge in [0.25, 0.3) is 0 Å². The first-order valence-electron chi connectivity index (χ1n) is 3.23. The molecule has 2 rings (SSSR count). The number of benzene rings is 1. The average molecular weight is 308 g/mol. The Balaban J connectivity index is 2.87. The molecular formula is C8H4Br2OS. The van der Waals surface area contributed by atoms with Gasteiger partial charge in [-0.15, -0.1) is 11.3 Å². The lowest BCUT2D eigenvalue weighted by Gasteiger charge is -1.95. The number of thiophene rings is 1. The van der Waals surface area contributed by atoms with Gasteiger partial charge in [-0.1, -0.05) is 0 Å². The summed E-state index contributed by atoms with van der Waals surface area (Å²) in [6.07, 6.45) is 0. The molecule has 0 unspecified atom stereocenters. The van der Waals surface area contributed by atoms with Crippen LogP contribution in [0.5, 0.6) is 5.75 Å². The highest BCUT2D eigenvalue weighted by Crippen LogP contribution is 2.36. The van der Waals surface area contributed by atoms with E-state index in [1.165, 1.54) is 11.3 Å². The lowest BCUT2D eigenvalue weighted by atomic mass is 10.2. The van der Waals surface area contributed by atoms with Gasteiger partial charge in [-0.2, -0.15) is 0 Å². The van der Waals surface area contributed by atoms with Crippen LogP contribution < -0.4 is 0 Å². The maximum atomic E-state index is 9.40. The van der Waals surface area contributed by atoms with Crippen molar-refractivity contribution < 1.29 is 5.11 Å². The minimum atomic E-state index is 0.350. The summed E-state index contributed by atoms with van der Waals surface area (Å²) in [4.78, 5) is 0. The molecule has 0 bridgehead atoms. The lowest BCUT2D eigenvalue weighted by Crippen LogP contribution is -1.68. The molecule has 1 aromatic heterocycles. The van der Waals surface area contributed by atoms with Crippen LogP contribution >= 0.6 is 43.2 Å². The molecule has 0 spiro atoms. The maximum absolute atomic E-state index is 9.40. The van der Waals surface area contributed by atoms with Gasteiger partial charge in [0, 0.05) is 24.4 Å². The molecule has 0 fully saturated rings. The molecule has 0 aliphatic heterocycles. The van der Waals surface area contributed by atoms with Crippen LogP contribution in [0.15, 0.2) is 26.5 Å². The Morgan fingerprint density at radius 3 is 2.58 bits per heavy atom. The molecule has 1 N–H and O–H groups in total. The van der Waals surface area contributed by atoms with Crippen molar-refractivity contribution in [2.45, 2.75) is 0 Å². The molecule has 1 aromatic carbocycles. The van der Waals surface area contributed by atoms with Crippen LogP contribution in [0, 0.1) is 0 Å². The molecule has 1 heterocycles. The van der Waals surface area contributed by atoms with Gasteiger partial charge < -0.3 is 5.11 Å². The minimum Gasteiger partial charge on any atom is -0.506 e. The molecule has 62 valence electrons. The van der Waals surface area contributed by atoms with Crippen molar-refractivity contribution in [1.82, 2.24) is 0 Å². The van der Waals surface area contributed by atoms with E-state index in [4.69, 9.17) is 0 Å². The summed E-state index contributed by atoms with van der Waals surface area (Å²) in [5, 5.41) is 12.0. The smallest absolute Gasteiger partial charge is 0.134 e. The summed E-state index contributed by atoms with van der Waals surface area (Å²) < 4.78 is 3.06. The molecule has 4 heteroatoms. The van der Waals surface area contributed by atoms with E-state index in [1.807, 2.05) is 12.1 Å². The predicted octanol–water partition coefficient (Wildman–Crippen LogP) is 4.13. The number of hydrogen-bond acceptors (Lipinski definition) is 2. The van der Waals surface area contributed by atoms with E-state index in [0.29, 0.717) is 5.75 Å². The third kappa shape index (κ3) is 1.28. The SMILES string of the molecule is Oc1csc2cc(Br)c(Br)cc12. The fraction of sp³-hybridized carbons (Fsp3) is 0. The van der Waals surface area contributed by atoms with Crippen molar-refractivity contribution >= 4 is 53.3 Å². The number of hydrogen-bond donors (Lipinski definition) is 1. The summed E-state index contributed by atoms with van der Waals surface area (Å²) in [5.41, 5.74) is 0. The highest BCUT2D eigenvalue weighted by Gasteiger charge is 2.05. The fourth-order valence-electron chi connectivity index (χ4n) is 1.01. The van der Waals surface area contributed by atoms with E-state index in [-0.39, 0.29) is 0 Å². The molecule has 0 aliphatic rings. The highest BCUT2D eigenvalue weighted by molar-refractivity contribution is 9.13. The fourth-order valence-corrected chi connectivity index (χ4v) is 2.69. The summed E-state index contributed by atoms with van der Waals surface area (Å²) in [6.45, 7) is 0. The first-order chi connectivity index (χ1) is 5.68. The molecule has 0 amide bonds. The van der Waals surface area contributed by atoms with Gasteiger partial charge in [-0.05, 0) is 44.0 Å². The molecule has 0 radical (unpaired) electrons. The Labute approximate surface area is 90.3 Å². The highest BCUT2D eigenvalue weighted by atomic mass is 79.9. The van der Waals surface area contributed by atoms with Crippen LogP contribution in [0.2, 0.25) is 0 Å². The largest absolute Gasteiger partial charge is 0.506 e. The van der Waals surface area contributed by atoms with Crippen LogP contribution in [-0.2, 0) is 0 Å².